The Hall–Kier alpha value is -3.26. The molecule has 5 rings (SSSR count). The Morgan fingerprint density at radius 1 is 1.10 bits per heavy atom. The molecule has 8 heteroatoms. The fourth-order valence-electron chi connectivity index (χ4n) is 4.25. The average Bonchev–Trinajstić information content (AvgIpc) is 3.38. The molecule has 0 saturated carbocycles. The second-order valence-corrected chi connectivity index (χ2v) is 7.82. The molecule has 0 spiro atoms. The smallest absolute Gasteiger partial charge is 0.319 e. The molecule has 31 heavy (non-hydrogen) atoms. The van der Waals surface area contributed by atoms with Gasteiger partial charge in [0, 0.05) is 54.9 Å². The number of nitrogens with zero attached hydrogens (tertiary/aromatic N) is 4. The first-order valence-corrected chi connectivity index (χ1v) is 10.3. The molecule has 1 saturated heterocycles. The van der Waals surface area contributed by atoms with E-state index in [4.69, 9.17) is 4.42 Å². The van der Waals surface area contributed by atoms with Crippen molar-refractivity contribution >= 4 is 27.6 Å². The van der Waals surface area contributed by atoms with Crippen LogP contribution in [0, 0.1) is 6.92 Å². The minimum absolute atomic E-state index is 0.133. The van der Waals surface area contributed by atoms with Crippen molar-refractivity contribution in [2.75, 3.05) is 26.2 Å². The number of fused-ring (bicyclic) bond motifs is 3. The number of furan rings is 1. The monoisotopic (exact) mass is 424 g/mol. The van der Waals surface area contributed by atoms with Crippen molar-refractivity contribution < 1.29 is 18.0 Å². The third-order valence-electron chi connectivity index (χ3n) is 6.01. The molecule has 1 aliphatic rings. The van der Waals surface area contributed by atoms with Gasteiger partial charge in [-0.05, 0) is 12.3 Å². The quantitative estimate of drug-likeness (QED) is 0.486. The van der Waals surface area contributed by atoms with Gasteiger partial charge in [-0.15, -0.1) is 0 Å². The molecule has 2 aromatic carbocycles. The molecule has 0 bridgehead atoms. The molecule has 1 fully saturated rings. The standard InChI is InChI=1S/C23H22F2N4O2/c1-15-17-7-6-16-4-2-3-5-18(16)21(17)31-20(15)22(30)28-12-10-27(11-13-28)14-19-26-8-9-29(19)23(24)25/h2-9,23H,10-14H2,1H3. The highest BCUT2D eigenvalue weighted by molar-refractivity contribution is 6.08. The van der Waals surface area contributed by atoms with Gasteiger partial charge in [-0.1, -0.05) is 36.4 Å². The first-order chi connectivity index (χ1) is 15.0. The Morgan fingerprint density at radius 3 is 2.65 bits per heavy atom. The van der Waals surface area contributed by atoms with Crippen LogP contribution in [0.15, 0.2) is 53.2 Å². The van der Waals surface area contributed by atoms with Gasteiger partial charge in [-0.2, -0.15) is 8.78 Å². The van der Waals surface area contributed by atoms with Crippen LogP contribution in [0.4, 0.5) is 8.78 Å². The van der Waals surface area contributed by atoms with Crippen LogP contribution in [0.5, 0.6) is 0 Å². The van der Waals surface area contributed by atoms with Gasteiger partial charge in [0.15, 0.2) is 5.76 Å². The topological polar surface area (TPSA) is 54.5 Å². The van der Waals surface area contributed by atoms with E-state index in [0.29, 0.717) is 44.3 Å². The molecular weight excluding hydrogens is 402 g/mol. The van der Waals surface area contributed by atoms with Gasteiger partial charge in [-0.25, -0.2) is 4.98 Å². The van der Waals surface area contributed by atoms with E-state index < -0.39 is 6.55 Å². The molecule has 0 N–H and O–H groups in total. The Labute approximate surface area is 177 Å². The number of imidazole rings is 1. The van der Waals surface area contributed by atoms with Crippen molar-refractivity contribution in [1.82, 2.24) is 19.4 Å². The lowest BCUT2D eigenvalue weighted by molar-refractivity contribution is 0.0539. The zero-order valence-electron chi connectivity index (χ0n) is 17.1. The highest BCUT2D eigenvalue weighted by Gasteiger charge is 2.28. The van der Waals surface area contributed by atoms with Gasteiger partial charge < -0.3 is 9.32 Å². The van der Waals surface area contributed by atoms with Crippen molar-refractivity contribution in [3.05, 3.63) is 65.9 Å². The number of rotatable bonds is 4. The summed E-state index contributed by atoms with van der Waals surface area (Å²) in [7, 11) is 0. The minimum Gasteiger partial charge on any atom is -0.450 e. The summed E-state index contributed by atoms with van der Waals surface area (Å²) in [5.74, 6) is 0.564. The number of aromatic nitrogens is 2. The number of halogens is 2. The van der Waals surface area contributed by atoms with Gasteiger partial charge in [0.2, 0.25) is 0 Å². The summed E-state index contributed by atoms with van der Waals surface area (Å²) in [6.07, 6.45) is 2.67. The maximum atomic E-state index is 13.2. The Balaban J connectivity index is 1.32. The number of benzene rings is 2. The van der Waals surface area contributed by atoms with E-state index in [9.17, 15) is 13.6 Å². The predicted molar refractivity (Wildman–Crippen MR) is 113 cm³/mol. The van der Waals surface area contributed by atoms with Crippen LogP contribution in [0.3, 0.4) is 0 Å². The molecule has 2 aromatic heterocycles. The van der Waals surface area contributed by atoms with Crippen molar-refractivity contribution in [2.24, 2.45) is 0 Å². The van der Waals surface area contributed by atoms with Gasteiger partial charge in [-0.3, -0.25) is 14.3 Å². The number of alkyl halides is 2. The van der Waals surface area contributed by atoms with Gasteiger partial charge in [0.25, 0.3) is 5.91 Å². The second-order valence-electron chi connectivity index (χ2n) is 7.82. The summed E-state index contributed by atoms with van der Waals surface area (Å²) in [4.78, 5) is 21.0. The molecule has 0 radical (unpaired) electrons. The van der Waals surface area contributed by atoms with Crippen LogP contribution in [-0.2, 0) is 6.54 Å². The molecular formula is C23H22F2N4O2. The van der Waals surface area contributed by atoms with Crippen LogP contribution < -0.4 is 0 Å². The fraction of sp³-hybridized carbons (Fsp3) is 0.304. The number of aryl methyl sites for hydroxylation is 1. The third kappa shape index (κ3) is 3.46. The Kier molecular flexibility index (Phi) is 4.94. The normalized spacial score (nSPS) is 15.4. The largest absolute Gasteiger partial charge is 0.450 e. The van der Waals surface area contributed by atoms with Crippen molar-refractivity contribution in [3.8, 4) is 0 Å². The lowest BCUT2D eigenvalue weighted by atomic mass is 10.1. The van der Waals surface area contributed by atoms with E-state index >= 15 is 0 Å². The number of hydrogen-bond donors (Lipinski definition) is 0. The zero-order chi connectivity index (χ0) is 21.5. The number of piperazine rings is 1. The maximum Gasteiger partial charge on any atom is 0.319 e. The molecule has 1 aliphatic heterocycles. The molecule has 1 amide bonds. The third-order valence-corrected chi connectivity index (χ3v) is 6.01. The van der Waals surface area contributed by atoms with Crippen molar-refractivity contribution in [2.45, 2.75) is 20.0 Å². The molecule has 160 valence electrons. The first kappa shape index (κ1) is 19.7. The molecule has 4 aromatic rings. The van der Waals surface area contributed by atoms with Crippen LogP contribution in [-0.4, -0.2) is 51.4 Å². The summed E-state index contributed by atoms with van der Waals surface area (Å²) in [6.45, 7) is 1.82. The highest BCUT2D eigenvalue weighted by atomic mass is 19.3. The van der Waals surface area contributed by atoms with Gasteiger partial charge >= 0.3 is 6.55 Å². The summed E-state index contributed by atoms with van der Waals surface area (Å²) >= 11 is 0. The highest BCUT2D eigenvalue weighted by Crippen LogP contribution is 2.32. The fourth-order valence-corrected chi connectivity index (χ4v) is 4.25. The molecule has 0 unspecified atom stereocenters. The van der Waals surface area contributed by atoms with Crippen LogP contribution in [0.1, 0.15) is 28.5 Å². The van der Waals surface area contributed by atoms with E-state index in [1.165, 1.54) is 12.4 Å². The van der Waals surface area contributed by atoms with Crippen LogP contribution in [0.25, 0.3) is 21.7 Å². The van der Waals surface area contributed by atoms with Gasteiger partial charge in [0.05, 0.1) is 6.54 Å². The number of amides is 1. The number of carbonyl (C=O) groups is 1. The van der Waals surface area contributed by atoms with Crippen molar-refractivity contribution in [1.29, 1.82) is 0 Å². The SMILES string of the molecule is Cc1c(C(=O)N2CCN(Cc3nccn3C(F)F)CC2)oc2c1ccc1ccccc12. The summed E-state index contributed by atoms with van der Waals surface area (Å²) in [5.41, 5.74) is 1.57. The van der Waals surface area contributed by atoms with E-state index in [0.717, 1.165) is 31.9 Å². The first-order valence-electron chi connectivity index (χ1n) is 10.3. The van der Waals surface area contributed by atoms with Crippen LogP contribution >= 0.6 is 0 Å². The predicted octanol–water partition coefficient (Wildman–Crippen LogP) is 4.44. The van der Waals surface area contributed by atoms with E-state index in [2.05, 4.69) is 4.98 Å². The number of carbonyl (C=O) groups excluding carboxylic acids is 1. The Morgan fingerprint density at radius 2 is 1.87 bits per heavy atom. The Bertz CT molecular complexity index is 1260. The number of hydrogen-bond acceptors (Lipinski definition) is 4. The second kappa shape index (κ2) is 7.77. The summed E-state index contributed by atoms with van der Waals surface area (Å²) in [5, 5.41) is 3.00. The van der Waals surface area contributed by atoms with Crippen molar-refractivity contribution in [3.63, 3.8) is 0 Å². The molecule has 0 aliphatic carbocycles. The lowest BCUT2D eigenvalue weighted by Crippen LogP contribution is -2.48. The van der Waals surface area contributed by atoms with E-state index in [1.54, 1.807) is 4.90 Å². The lowest BCUT2D eigenvalue weighted by Gasteiger charge is -2.34. The minimum atomic E-state index is -2.60. The summed E-state index contributed by atoms with van der Waals surface area (Å²) < 4.78 is 33.0. The molecule has 6 nitrogen and oxygen atoms in total. The molecule has 0 atom stereocenters. The maximum absolute atomic E-state index is 13.2. The average molecular weight is 424 g/mol. The summed E-state index contributed by atoms with van der Waals surface area (Å²) in [6, 6.07) is 12.0. The van der Waals surface area contributed by atoms with E-state index in [-0.39, 0.29) is 5.91 Å². The van der Waals surface area contributed by atoms with Crippen LogP contribution in [0.2, 0.25) is 0 Å². The zero-order valence-corrected chi connectivity index (χ0v) is 17.1. The molecule has 3 heterocycles. The van der Waals surface area contributed by atoms with E-state index in [1.807, 2.05) is 48.2 Å². The van der Waals surface area contributed by atoms with Gasteiger partial charge in [0.1, 0.15) is 11.4 Å².